The summed E-state index contributed by atoms with van der Waals surface area (Å²) >= 11 is 2.05. The zero-order valence-electron chi connectivity index (χ0n) is 8.68. The van der Waals surface area contributed by atoms with Crippen molar-refractivity contribution in [3.63, 3.8) is 0 Å². The van der Waals surface area contributed by atoms with E-state index < -0.39 is 4.92 Å². The quantitative estimate of drug-likeness (QED) is 0.507. The minimum Gasteiger partial charge on any atom is -0.374 e. The molecule has 0 saturated carbocycles. The third-order valence-corrected chi connectivity index (χ3v) is 2.85. The summed E-state index contributed by atoms with van der Waals surface area (Å²) in [6.45, 7) is 0.474. The molecule has 6 nitrogen and oxygen atoms in total. The van der Waals surface area contributed by atoms with E-state index in [0.717, 1.165) is 9.26 Å². The van der Waals surface area contributed by atoms with Crippen LogP contribution in [0.5, 0.6) is 0 Å². The van der Waals surface area contributed by atoms with Gasteiger partial charge >= 0.3 is 0 Å². The maximum Gasteiger partial charge on any atom is 0.293 e. The third kappa shape index (κ3) is 2.93. The van der Waals surface area contributed by atoms with Gasteiger partial charge in [0.1, 0.15) is 5.69 Å². The van der Waals surface area contributed by atoms with Crippen molar-refractivity contribution < 1.29 is 4.92 Å². The van der Waals surface area contributed by atoms with E-state index in [-0.39, 0.29) is 5.69 Å². The van der Waals surface area contributed by atoms with Gasteiger partial charge in [-0.1, -0.05) is 0 Å². The Hall–Kier alpha value is -1.64. The lowest BCUT2D eigenvalue weighted by atomic mass is 10.2. The molecule has 0 saturated heterocycles. The second kappa shape index (κ2) is 5.13. The van der Waals surface area contributed by atoms with Gasteiger partial charge in [-0.05, 0) is 34.7 Å². The predicted octanol–water partition coefficient (Wildman–Crippen LogP) is 2.53. The number of nitro groups is 1. The Morgan fingerprint density at radius 2 is 2.35 bits per heavy atom. The molecule has 2 rings (SSSR count). The molecule has 0 unspecified atom stereocenters. The SMILES string of the molecule is O=[N+]([O-])c1cc(I)ccc1NCc1cnc[nH]1. The monoisotopic (exact) mass is 344 g/mol. The first-order valence-electron chi connectivity index (χ1n) is 4.82. The Balaban J connectivity index is 2.17. The average Bonchev–Trinajstić information content (AvgIpc) is 2.80. The predicted molar refractivity (Wildman–Crippen MR) is 71.7 cm³/mol. The highest BCUT2D eigenvalue weighted by molar-refractivity contribution is 14.1. The standard InChI is InChI=1S/C10H9IN4O2/c11-7-1-2-9(10(3-7)15(16)17)13-5-8-4-12-6-14-8/h1-4,6,13H,5H2,(H,12,14). The molecule has 0 bridgehead atoms. The second-order valence-electron chi connectivity index (χ2n) is 3.35. The van der Waals surface area contributed by atoms with E-state index in [1.54, 1.807) is 18.6 Å². The van der Waals surface area contributed by atoms with Gasteiger partial charge in [-0.25, -0.2) is 4.98 Å². The summed E-state index contributed by atoms with van der Waals surface area (Å²) in [5.41, 5.74) is 1.46. The third-order valence-electron chi connectivity index (χ3n) is 2.18. The molecular formula is C10H9IN4O2. The van der Waals surface area contributed by atoms with E-state index in [9.17, 15) is 10.1 Å². The number of H-pyrrole nitrogens is 1. The Kier molecular flexibility index (Phi) is 3.57. The number of nitrogens with one attached hydrogen (secondary N) is 2. The first kappa shape index (κ1) is 11.8. The van der Waals surface area contributed by atoms with Crippen LogP contribution in [0.2, 0.25) is 0 Å². The second-order valence-corrected chi connectivity index (χ2v) is 4.59. The highest BCUT2D eigenvalue weighted by Gasteiger charge is 2.13. The maximum absolute atomic E-state index is 10.9. The van der Waals surface area contributed by atoms with Crippen LogP contribution in [-0.4, -0.2) is 14.9 Å². The average molecular weight is 344 g/mol. The molecule has 0 amide bonds. The number of nitrogens with zero attached hydrogens (tertiary/aromatic N) is 2. The molecule has 2 aromatic rings. The van der Waals surface area contributed by atoms with Gasteiger partial charge in [0.2, 0.25) is 0 Å². The highest BCUT2D eigenvalue weighted by atomic mass is 127. The number of aromatic nitrogens is 2. The molecule has 88 valence electrons. The van der Waals surface area contributed by atoms with E-state index >= 15 is 0 Å². The highest BCUT2D eigenvalue weighted by Crippen LogP contribution is 2.26. The number of rotatable bonds is 4. The molecule has 2 N–H and O–H groups in total. The summed E-state index contributed by atoms with van der Waals surface area (Å²) in [5.74, 6) is 0. The fourth-order valence-electron chi connectivity index (χ4n) is 1.38. The fraction of sp³-hybridized carbons (Fsp3) is 0.100. The van der Waals surface area contributed by atoms with Gasteiger partial charge in [-0.3, -0.25) is 10.1 Å². The lowest BCUT2D eigenvalue weighted by Gasteiger charge is -2.05. The van der Waals surface area contributed by atoms with Crippen LogP contribution in [0, 0.1) is 13.7 Å². The van der Waals surface area contributed by atoms with E-state index in [2.05, 4.69) is 15.3 Å². The molecule has 0 aliphatic carbocycles. The van der Waals surface area contributed by atoms with Crippen molar-refractivity contribution in [3.8, 4) is 0 Å². The van der Waals surface area contributed by atoms with Crippen molar-refractivity contribution in [3.05, 3.63) is 50.1 Å². The Bertz CT molecular complexity index is 527. The number of hydrogen-bond donors (Lipinski definition) is 2. The zero-order valence-corrected chi connectivity index (χ0v) is 10.8. The van der Waals surface area contributed by atoms with Crippen LogP contribution in [0.15, 0.2) is 30.7 Å². The van der Waals surface area contributed by atoms with Crippen molar-refractivity contribution in [1.82, 2.24) is 9.97 Å². The molecule has 0 fully saturated rings. The van der Waals surface area contributed by atoms with Crippen LogP contribution in [0.25, 0.3) is 0 Å². The molecule has 0 atom stereocenters. The summed E-state index contributed by atoms with van der Waals surface area (Å²) in [5, 5.41) is 13.9. The van der Waals surface area contributed by atoms with Crippen LogP contribution in [0.3, 0.4) is 0 Å². The Labute approximate surface area is 111 Å². The number of anilines is 1. The smallest absolute Gasteiger partial charge is 0.293 e. The Morgan fingerprint density at radius 1 is 1.53 bits per heavy atom. The van der Waals surface area contributed by atoms with Crippen LogP contribution in [0.4, 0.5) is 11.4 Å². The summed E-state index contributed by atoms with van der Waals surface area (Å²) in [6.07, 6.45) is 3.24. The van der Waals surface area contributed by atoms with Crippen LogP contribution in [-0.2, 0) is 6.54 Å². The van der Waals surface area contributed by atoms with Gasteiger partial charge in [0.25, 0.3) is 5.69 Å². The number of aromatic amines is 1. The van der Waals surface area contributed by atoms with Crippen molar-refractivity contribution >= 4 is 34.0 Å². The number of hydrogen-bond acceptors (Lipinski definition) is 4. The summed E-state index contributed by atoms with van der Waals surface area (Å²) in [4.78, 5) is 17.3. The Morgan fingerprint density at radius 3 is 3.00 bits per heavy atom. The van der Waals surface area contributed by atoms with Gasteiger partial charge in [0.15, 0.2) is 0 Å². The number of halogens is 1. The maximum atomic E-state index is 10.9. The van der Waals surface area contributed by atoms with Gasteiger partial charge in [0.05, 0.1) is 23.5 Å². The number of nitro benzene ring substituents is 1. The molecule has 0 aliphatic rings. The van der Waals surface area contributed by atoms with Gasteiger partial charge in [-0.15, -0.1) is 0 Å². The minimum absolute atomic E-state index is 0.0800. The van der Waals surface area contributed by atoms with Crippen LogP contribution < -0.4 is 5.32 Å². The largest absolute Gasteiger partial charge is 0.374 e. The van der Waals surface area contributed by atoms with Gasteiger partial charge < -0.3 is 10.3 Å². The number of benzene rings is 1. The van der Waals surface area contributed by atoms with Gasteiger partial charge in [0, 0.05) is 15.8 Å². The molecule has 1 aromatic heterocycles. The molecule has 0 radical (unpaired) electrons. The summed E-state index contributed by atoms with van der Waals surface area (Å²) < 4.78 is 0.835. The summed E-state index contributed by atoms with van der Waals surface area (Å²) in [6, 6.07) is 5.06. The molecule has 0 aliphatic heterocycles. The minimum atomic E-state index is -0.391. The van der Waals surface area contributed by atoms with Gasteiger partial charge in [-0.2, -0.15) is 0 Å². The lowest BCUT2D eigenvalue weighted by Crippen LogP contribution is -2.03. The van der Waals surface area contributed by atoms with E-state index in [1.165, 1.54) is 6.07 Å². The van der Waals surface area contributed by atoms with Crippen molar-refractivity contribution in [2.45, 2.75) is 6.54 Å². The lowest BCUT2D eigenvalue weighted by molar-refractivity contribution is -0.384. The van der Waals surface area contributed by atoms with Crippen molar-refractivity contribution in [2.24, 2.45) is 0 Å². The molecule has 17 heavy (non-hydrogen) atoms. The zero-order chi connectivity index (χ0) is 12.3. The molecular weight excluding hydrogens is 335 g/mol. The summed E-state index contributed by atoms with van der Waals surface area (Å²) in [7, 11) is 0. The molecule has 0 spiro atoms. The first-order valence-corrected chi connectivity index (χ1v) is 5.90. The molecule has 1 aromatic carbocycles. The van der Waals surface area contributed by atoms with Crippen molar-refractivity contribution in [2.75, 3.05) is 5.32 Å². The molecule has 1 heterocycles. The first-order chi connectivity index (χ1) is 8.16. The van der Waals surface area contributed by atoms with E-state index in [0.29, 0.717) is 12.2 Å². The van der Waals surface area contributed by atoms with E-state index in [1.807, 2.05) is 28.7 Å². The van der Waals surface area contributed by atoms with Crippen molar-refractivity contribution in [1.29, 1.82) is 0 Å². The normalized spacial score (nSPS) is 10.2. The number of imidazole rings is 1. The molecule has 7 heteroatoms. The fourth-order valence-corrected chi connectivity index (χ4v) is 1.85. The van der Waals surface area contributed by atoms with Crippen LogP contribution >= 0.6 is 22.6 Å². The topological polar surface area (TPSA) is 83.8 Å². The van der Waals surface area contributed by atoms with Crippen LogP contribution in [0.1, 0.15) is 5.69 Å². The van der Waals surface area contributed by atoms with E-state index in [4.69, 9.17) is 0 Å².